The fourth-order valence-electron chi connectivity index (χ4n) is 1.85. The van der Waals surface area contributed by atoms with Crippen molar-refractivity contribution in [3.63, 3.8) is 0 Å². The molecular formula is C14H10ClF3N2O. The van der Waals surface area contributed by atoms with E-state index < -0.39 is 22.8 Å². The highest BCUT2D eigenvalue weighted by Gasteiger charge is 2.34. The quantitative estimate of drug-likeness (QED) is 0.866. The van der Waals surface area contributed by atoms with Gasteiger partial charge in [-0.1, -0.05) is 29.8 Å². The smallest absolute Gasteiger partial charge is 0.351 e. The van der Waals surface area contributed by atoms with Crippen LogP contribution in [0.25, 0.3) is 0 Å². The normalized spacial score (nSPS) is 11.2. The van der Waals surface area contributed by atoms with Crippen molar-refractivity contribution in [2.45, 2.75) is 6.18 Å². The number of nitrogens with zero attached hydrogens (tertiary/aromatic N) is 1. The summed E-state index contributed by atoms with van der Waals surface area (Å²) in [4.78, 5) is 12.6. The van der Waals surface area contributed by atoms with Gasteiger partial charge in [0.15, 0.2) is 0 Å². The SMILES string of the molecule is NC(=O)N(c1ccccc1)c1ccc(Cl)c(C(F)(F)F)c1. The Kier molecular flexibility index (Phi) is 4.09. The van der Waals surface area contributed by atoms with Gasteiger partial charge in [-0.05, 0) is 30.3 Å². The van der Waals surface area contributed by atoms with Crippen molar-refractivity contribution in [3.8, 4) is 0 Å². The number of halogens is 4. The number of para-hydroxylation sites is 1. The molecule has 2 N–H and O–H groups in total. The zero-order valence-corrected chi connectivity index (χ0v) is 11.3. The molecule has 0 atom stereocenters. The van der Waals surface area contributed by atoms with Crippen molar-refractivity contribution in [1.82, 2.24) is 0 Å². The van der Waals surface area contributed by atoms with Crippen LogP contribution in [0.5, 0.6) is 0 Å². The number of amides is 2. The molecule has 0 fully saturated rings. The van der Waals surface area contributed by atoms with Gasteiger partial charge in [0, 0.05) is 0 Å². The maximum atomic E-state index is 12.9. The first-order valence-electron chi connectivity index (χ1n) is 5.82. The van der Waals surface area contributed by atoms with Gasteiger partial charge in [0.25, 0.3) is 0 Å². The van der Waals surface area contributed by atoms with Gasteiger partial charge < -0.3 is 5.73 Å². The molecule has 2 amide bonds. The van der Waals surface area contributed by atoms with E-state index in [9.17, 15) is 18.0 Å². The molecule has 0 radical (unpaired) electrons. The Bertz CT molecular complexity index is 659. The lowest BCUT2D eigenvalue weighted by Gasteiger charge is -2.22. The Hall–Kier alpha value is -2.21. The molecule has 0 unspecified atom stereocenters. The van der Waals surface area contributed by atoms with Gasteiger partial charge in [-0.25, -0.2) is 4.79 Å². The number of primary amides is 1. The van der Waals surface area contributed by atoms with Crippen LogP contribution in [0.15, 0.2) is 48.5 Å². The van der Waals surface area contributed by atoms with E-state index >= 15 is 0 Å². The lowest BCUT2D eigenvalue weighted by atomic mass is 10.1. The van der Waals surface area contributed by atoms with E-state index in [1.54, 1.807) is 30.3 Å². The number of carbonyl (C=O) groups is 1. The van der Waals surface area contributed by atoms with Crippen LogP contribution >= 0.6 is 11.6 Å². The van der Waals surface area contributed by atoms with E-state index in [0.29, 0.717) is 5.69 Å². The highest BCUT2D eigenvalue weighted by Crippen LogP contribution is 2.38. The summed E-state index contributed by atoms with van der Waals surface area (Å²) >= 11 is 5.56. The molecule has 0 spiro atoms. The van der Waals surface area contributed by atoms with Gasteiger partial charge in [0.05, 0.1) is 22.0 Å². The summed E-state index contributed by atoms with van der Waals surface area (Å²) in [6.07, 6.45) is -4.62. The minimum Gasteiger partial charge on any atom is -0.351 e. The third-order valence-corrected chi connectivity index (χ3v) is 3.08. The summed E-state index contributed by atoms with van der Waals surface area (Å²) in [7, 11) is 0. The van der Waals surface area contributed by atoms with Crippen LogP contribution < -0.4 is 10.6 Å². The number of nitrogens with two attached hydrogens (primary N) is 1. The van der Waals surface area contributed by atoms with Crippen LogP contribution in [0.3, 0.4) is 0 Å². The predicted octanol–water partition coefficient (Wildman–Crippen LogP) is 4.58. The van der Waals surface area contributed by atoms with Crippen molar-refractivity contribution < 1.29 is 18.0 Å². The first-order chi connectivity index (χ1) is 9.80. The van der Waals surface area contributed by atoms with E-state index in [1.165, 1.54) is 6.07 Å². The van der Waals surface area contributed by atoms with Crippen LogP contribution in [0.1, 0.15) is 5.56 Å². The lowest BCUT2D eigenvalue weighted by Crippen LogP contribution is -2.31. The topological polar surface area (TPSA) is 46.3 Å². The first kappa shape index (κ1) is 15.2. The number of hydrogen-bond donors (Lipinski definition) is 1. The second kappa shape index (κ2) is 5.65. The summed E-state index contributed by atoms with van der Waals surface area (Å²) in [5, 5.41) is -0.441. The van der Waals surface area contributed by atoms with Gasteiger partial charge >= 0.3 is 12.2 Å². The molecule has 3 nitrogen and oxygen atoms in total. The lowest BCUT2D eigenvalue weighted by molar-refractivity contribution is -0.137. The van der Waals surface area contributed by atoms with E-state index in [1.807, 2.05) is 0 Å². The number of rotatable bonds is 2. The largest absolute Gasteiger partial charge is 0.417 e. The molecule has 21 heavy (non-hydrogen) atoms. The Morgan fingerprint density at radius 2 is 1.67 bits per heavy atom. The van der Waals surface area contributed by atoms with Crippen molar-refractivity contribution in [1.29, 1.82) is 0 Å². The minimum absolute atomic E-state index is 0.00887. The average molecular weight is 315 g/mol. The standard InChI is InChI=1S/C14H10ClF3N2O/c15-12-7-6-10(8-11(12)14(16,17)18)20(13(19)21)9-4-2-1-3-5-9/h1-8H,(H2,19,21). The van der Waals surface area contributed by atoms with Gasteiger partial charge in [-0.3, -0.25) is 4.90 Å². The van der Waals surface area contributed by atoms with Crippen molar-refractivity contribution in [2.24, 2.45) is 5.73 Å². The molecular weight excluding hydrogens is 305 g/mol. The molecule has 110 valence electrons. The van der Waals surface area contributed by atoms with Gasteiger partial charge in [0.2, 0.25) is 0 Å². The fraction of sp³-hybridized carbons (Fsp3) is 0.0714. The molecule has 7 heteroatoms. The number of alkyl halides is 3. The third kappa shape index (κ3) is 3.28. The van der Waals surface area contributed by atoms with Crippen LogP contribution in [0.4, 0.5) is 29.3 Å². The molecule has 0 heterocycles. The van der Waals surface area contributed by atoms with Crippen LogP contribution in [0, 0.1) is 0 Å². The predicted molar refractivity (Wildman–Crippen MR) is 74.6 cm³/mol. The summed E-state index contributed by atoms with van der Waals surface area (Å²) < 4.78 is 38.6. The summed E-state index contributed by atoms with van der Waals surface area (Å²) in [5.74, 6) is 0. The van der Waals surface area contributed by atoms with Crippen LogP contribution in [-0.4, -0.2) is 6.03 Å². The second-order valence-corrected chi connectivity index (χ2v) is 4.58. The Labute approximate surface area is 123 Å². The molecule has 2 aromatic carbocycles. The maximum absolute atomic E-state index is 12.9. The minimum atomic E-state index is -4.62. The van der Waals surface area contributed by atoms with Gasteiger partial charge in [-0.15, -0.1) is 0 Å². The molecule has 0 aromatic heterocycles. The van der Waals surface area contributed by atoms with E-state index in [4.69, 9.17) is 17.3 Å². The Morgan fingerprint density at radius 3 is 2.19 bits per heavy atom. The highest BCUT2D eigenvalue weighted by atomic mass is 35.5. The third-order valence-electron chi connectivity index (χ3n) is 2.75. The summed E-state index contributed by atoms with van der Waals surface area (Å²) in [6, 6.07) is 10.4. The average Bonchev–Trinajstić information content (AvgIpc) is 2.40. The molecule has 2 rings (SSSR count). The van der Waals surface area contributed by atoms with Crippen molar-refractivity contribution >= 4 is 29.0 Å². The van der Waals surface area contributed by atoms with Gasteiger partial charge in [-0.2, -0.15) is 13.2 Å². The number of carbonyl (C=O) groups excluding carboxylic acids is 1. The molecule has 0 saturated carbocycles. The van der Waals surface area contributed by atoms with E-state index in [2.05, 4.69) is 0 Å². The fourth-order valence-corrected chi connectivity index (χ4v) is 2.07. The number of benzene rings is 2. The number of anilines is 2. The maximum Gasteiger partial charge on any atom is 0.417 e. The van der Waals surface area contributed by atoms with E-state index in [-0.39, 0.29) is 5.69 Å². The zero-order valence-electron chi connectivity index (χ0n) is 10.6. The zero-order chi connectivity index (χ0) is 15.6. The first-order valence-corrected chi connectivity index (χ1v) is 6.20. The summed E-state index contributed by atoms with van der Waals surface area (Å²) in [5.41, 5.74) is 4.60. The number of urea groups is 1. The van der Waals surface area contributed by atoms with Crippen LogP contribution in [-0.2, 0) is 6.18 Å². The molecule has 0 bridgehead atoms. The van der Waals surface area contributed by atoms with Crippen LogP contribution in [0.2, 0.25) is 5.02 Å². The molecule has 0 saturated heterocycles. The highest BCUT2D eigenvalue weighted by molar-refractivity contribution is 6.31. The Morgan fingerprint density at radius 1 is 1.05 bits per heavy atom. The van der Waals surface area contributed by atoms with Crippen molar-refractivity contribution in [3.05, 3.63) is 59.1 Å². The van der Waals surface area contributed by atoms with Crippen molar-refractivity contribution in [2.75, 3.05) is 4.90 Å². The van der Waals surface area contributed by atoms with E-state index in [0.717, 1.165) is 17.0 Å². The summed E-state index contributed by atoms with van der Waals surface area (Å²) in [6.45, 7) is 0. The second-order valence-electron chi connectivity index (χ2n) is 4.17. The molecule has 0 aliphatic carbocycles. The Balaban J connectivity index is 2.55. The molecule has 0 aliphatic rings. The molecule has 2 aromatic rings. The monoisotopic (exact) mass is 314 g/mol. The molecule has 0 aliphatic heterocycles. The number of hydrogen-bond acceptors (Lipinski definition) is 1. The van der Waals surface area contributed by atoms with Gasteiger partial charge in [0.1, 0.15) is 0 Å².